The first-order valence-electron chi connectivity index (χ1n) is 8.29. The van der Waals surface area contributed by atoms with Crippen molar-refractivity contribution >= 4 is 17.5 Å². The Balaban J connectivity index is 1.86. The molecule has 1 heterocycles. The summed E-state index contributed by atoms with van der Waals surface area (Å²) in [5, 5.41) is 17.5. The molecule has 132 valence electrons. The number of anilines is 2. The van der Waals surface area contributed by atoms with Gasteiger partial charge in [0.2, 0.25) is 11.8 Å². The Morgan fingerprint density at radius 2 is 2.16 bits per heavy atom. The van der Waals surface area contributed by atoms with Crippen LogP contribution in [0.15, 0.2) is 30.5 Å². The summed E-state index contributed by atoms with van der Waals surface area (Å²) in [6.07, 6.45) is 4.03. The fraction of sp³-hybridized carbons (Fsp3) is 0.412. The number of nitrogens with one attached hydrogen (secondary N) is 2. The molecule has 8 heteroatoms. The molecule has 0 spiro atoms. The molecule has 1 aliphatic rings. The molecule has 1 saturated carbocycles. The number of benzene rings is 1. The molecule has 2 aromatic rings. The number of ether oxygens (including phenoxy) is 1. The number of hydrogen-bond acceptors (Lipinski definition) is 7. The first-order chi connectivity index (χ1) is 12.1. The van der Waals surface area contributed by atoms with E-state index >= 15 is 0 Å². The van der Waals surface area contributed by atoms with Gasteiger partial charge >= 0.3 is 5.69 Å². The van der Waals surface area contributed by atoms with Crippen LogP contribution >= 0.6 is 0 Å². The topological polar surface area (TPSA) is 102 Å². The van der Waals surface area contributed by atoms with Crippen LogP contribution in [0.2, 0.25) is 0 Å². The van der Waals surface area contributed by atoms with Crippen molar-refractivity contribution < 1.29 is 9.66 Å². The Hall–Kier alpha value is -2.90. The highest BCUT2D eigenvalue weighted by Gasteiger charge is 2.27. The van der Waals surface area contributed by atoms with Crippen LogP contribution in [0.25, 0.3) is 0 Å². The Morgan fingerprint density at radius 1 is 1.40 bits per heavy atom. The summed E-state index contributed by atoms with van der Waals surface area (Å²) < 4.78 is 5.42. The molecule has 8 nitrogen and oxygen atoms in total. The molecule has 1 aromatic heterocycles. The summed E-state index contributed by atoms with van der Waals surface area (Å²) in [5.41, 5.74) is 0.883. The van der Waals surface area contributed by atoms with Crippen LogP contribution in [0.5, 0.6) is 5.75 Å². The average molecular weight is 343 g/mol. The van der Waals surface area contributed by atoms with Gasteiger partial charge in [0.05, 0.1) is 18.1 Å². The van der Waals surface area contributed by atoms with Gasteiger partial charge in [-0.3, -0.25) is 10.1 Å². The lowest BCUT2D eigenvalue weighted by molar-refractivity contribution is -0.384. The van der Waals surface area contributed by atoms with E-state index in [1.807, 2.05) is 31.2 Å². The maximum atomic E-state index is 11.2. The van der Waals surface area contributed by atoms with Crippen molar-refractivity contribution in [3.8, 4) is 5.75 Å². The summed E-state index contributed by atoms with van der Waals surface area (Å²) in [4.78, 5) is 19.1. The van der Waals surface area contributed by atoms with Gasteiger partial charge in [-0.05, 0) is 25.3 Å². The third kappa shape index (κ3) is 3.96. The van der Waals surface area contributed by atoms with E-state index in [1.165, 1.54) is 6.20 Å². The predicted octanol–water partition coefficient (Wildman–Crippen LogP) is 3.53. The number of para-hydroxylation sites is 1. The van der Waals surface area contributed by atoms with Crippen LogP contribution in [-0.4, -0.2) is 28.0 Å². The van der Waals surface area contributed by atoms with Gasteiger partial charge < -0.3 is 15.4 Å². The van der Waals surface area contributed by atoms with Gasteiger partial charge in [0, 0.05) is 11.6 Å². The fourth-order valence-electron chi connectivity index (χ4n) is 2.62. The van der Waals surface area contributed by atoms with Gasteiger partial charge in [-0.15, -0.1) is 0 Å². The van der Waals surface area contributed by atoms with Crippen LogP contribution in [0.3, 0.4) is 0 Å². The van der Waals surface area contributed by atoms with E-state index < -0.39 is 4.92 Å². The fourth-order valence-corrected chi connectivity index (χ4v) is 2.62. The van der Waals surface area contributed by atoms with Crippen molar-refractivity contribution in [3.05, 3.63) is 46.1 Å². The Morgan fingerprint density at radius 3 is 2.80 bits per heavy atom. The summed E-state index contributed by atoms with van der Waals surface area (Å²) in [7, 11) is 1.63. The molecule has 2 N–H and O–H groups in total. The van der Waals surface area contributed by atoms with Crippen LogP contribution < -0.4 is 15.4 Å². The predicted molar refractivity (Wildman–Crippen MR) is 95.0 cm³/mol. The molecule has 1 fully saturated rings. The molecule has 1 unspecified atom stereocenters. The first-order valence-corrected chi connectivity index (χ1v) is 8.29. The SMILES string of the molecule is CCC(Nc1ncc([N+](=O)[O-])c(NC2CC2)n1)c1ccccc1OC. The van der Waals surface area contributed by atoms with Gasteiger partial charge in [-0.2, -0.15) is 4.98 Å². The summed E-state index contributed by atoms with van der Waals surface area (Å²) in [6.45, 7) is 2.04. The number of nitro groups is 1. The van der Waals surface area contributed by atoms with E-state index in [-0.39, 0.29) is 23.6 Å². The maximum Gasteiger partial charge on any atom is 0.329 e. The first kappa shape index (κ1) is 16.9. The highest BCUT2D eigenvalue weighted by Crippen LogP contribution is 2.32. The maximum absolute atomic E-state index is 11.2. The zero-order valence-electron chi connectivity index (χ0n) is 14.2. The summed E-state index contributed by atoms with van der Waals surface area (Å²) >= 11 is 0. The molecule has 1 aliphatic carbocycles. The second kappa shape index (κ2) is 7.33. The average Bonchev–Trinajstić information content (AvgIpc) is 3.43. The molecule has 0 bridgehead atoms. The summed E-state index contributed by atoms with van der Waals surface area (Å²) in [6, 6.07) is 7.93. The van der Waals surface area contributed by atoms with Crippen molar-refractivity contribution in [3.63, 3.8) is 0 Å². The molecule has 0 radical (unpaired) electrons. The van der Waals surface area contributed by atoms with Crippen molar-refractivity contribution in [2.75, 3.05) is 17.7 Å². The Kier molecular flexibility index (Phi) is 4.97. The number of rotatable bonds is 8. The molecule has 0 amide bonds. The van der Waals surface area contributed by atoms with E-state index in [1.54, 1.807) is 7.11 Å². The minimum atomic E-state index is -0.466. The Bertz CT molecular complexity index is 764. The summed E-state index contributed by atoms with van der Waals surface area (Å²) in [5.74, 6) is 1.39. The Labute approximate surface area is 145 Å². The standard InChI is InChI=1S/C17H21N5O3/c1-3-13(12-6-4-5-7-15(12)25-2)20-17-18-10-14(22(23)24)16(21-17)19-11-8-9-11/h4-7,10-11,13H,3,8-9H2,1-2H3,(H2,18,19,20,21). The largest absolute Gasteiger partial charge is 0.496 e. The molecule has 0 aliphatic heterocycles. The van der Waals surface area contributed by atoms with Crippen LogP contribution in [0, 0.1) is 10.1 Å². The van der Waals surface area contributed by atoms with Gasteiger partial charge in [0.15, 0.2) is 0 Å². The highest BCUT2D eigenvalue weighted by molar-refractivity contribution is 5.58. The monoisotopic (exact) mass is 343 g/mol. The molecule has 1 aromatic carbocycles. The van der Waals surface area contributed by atoms with Crippen LogP contribution in [0.4, 0.5) is 17.5 Å². The second-order valence-corrected chi connectivity index (χ2v) is 5.95. The van der Waals surface area contributed by atoms with Crippen LogP contribution in [0.1, 0.15) is 37.8 Å². The number of methoxy groups -OCH3 is 1. The quantitative estimate of drug-likeness (QED) is 0.558. The lowest BCUT2D eigenvalue weighted by Crippen LogP contribution is -2.15. The minimum absolute atomic E-state index is 0.0635. The van der Waals surface area contributed by atoms with Gasteiger partial charge in [0.25, 0.3) is 0 Å². The molecular formula is C17H21N5O3. The van der Waals surface area contributed by atoms with Gasteiger partial charge in [0.1, 0.15) is 11.9 Å². The number of hydrogen-bond donors (Lipinski definition) is 2. The van der Waals surface area contributed by atoms with E-state index in [9.17, 15) is 10.1 Å². The van der Waals surface area contributed by atoms with E-state index in [2.05, 4.69) is 20.6 Å². The van der Waals surface area contributed by atoms with Crippen molar-refractivity contribution in [2.24, 2.45) is 0 Å². The molecule has 1 atom stereocenters. The second-order valence-electron chi connectivity index (χ2n) is 5.95. The third-order valence-corrected chi connectivity index (χ3v) is 4.11. The third-order valence-electron chi connectivity index (χ3n) is 4.11. The van der Waals surface area contributed by atoms with E-state index in [0.717, 1.165) is 30.6 Å². The number of nitrogens with zero attached hydrogens (tertiary/aromatic N) is 3. The zero-order chi connectivity index (χ0) is 17.8. The van der Waals surface area contributed by atoms with Gasteiger partial charge in [-0.1, -0.05) is 25.1 Å². The molecular weight excluding hydrogens is 322 g/mol. The molecule has 0 saturated heterocycles. The van der Waals surface area contributed by atoms with Crippen molar-refractivity contribution in [1.82, 2.24) is 9.97 Å². The lowest BCUT2D eigenvalue weighted by atomic mass is 10.0. The minimum Gasteiger partial charge on any atom is -0.496 e. The smallest absolute Gasteiger partial charge is 0.329 e. The zero-order valence-corrected chi connectivity index (χ0v) is 14.2. The van der Waals surface area contributed by atoms with E-state index in [4.69, 9.17) is 4.74 Å². The molecule has 3 rings (SSSR count). The number of aromatic nitrogens is 2. The highest BCUT2D eigenvalue weighted by atomic mass is 16.6. The van der Waals surface area contributed by atoms with E-state index in [0.29, 0.717) is 5.95 Å². The van der Waals surface area contributed by atoms with Crippen LogP contribution in [-0.2, 0) is 0 Å². The molecule has 25 heavy (non-hydrogen) atoms. The lowest BCUT2D eigenvalue weighted by Gasteiger charge is -2.20. The van der Waals surface area contributed by atoms with Crippen molar-refractivity contribution in [1.29, 1.82) is 0 Å². The van der Waals surface area contributed by atoms with Crippen molar-refractivity contribution in [2.45, 2.75) is 38.3 Å². The van der Waals surface area contributed by atoms with Gasteiger partial charge in [-0.25, -0.2) is 4.98 Å². The normalized spacial score (nSPS) is 14.6.